The second-order valence-corrected chi connectivity index (χ2v) is 8.86. The number of carbonyl (C=O) groups excluding carboxylic acids is 1. The number of benzene rings is 2. The van der Waals surface area contributed by atoms with Gasteiger partial charge < -0.3 is 10.1 Å². The van der Waals surface area contributed by atoms with Crippen LogP contribution in [0.5, 0.6) is 5.75 Å². The number of nitrogens with zero attached hydrogens (tertiary/aromatic N) is 1. The van der Waals surface area contributed by atoms with Gasteiger partial charge in [-0.05, 0) is 48.4 Å². The normalized spacial score (nSPS) is 11.3. The summed E-state index contributed by atoms with van der Waals surface area (Å²) in [6, 6.07) is 13.3. The quantitative estimate of drug-likeness (QED) is 0.408. The average Bonchev–Trinajstić information content (AvgIpc) is 2.76. The maximum atomic E-state index is 13.0. The molecule has 2 aromatic rings. The third-order valence-electron chi connectivity index (χ3n) is 4.67. The Balaban J connectivity index is 2.10. The van der Waals surface area contributed by atoms with Crippen molar-refractivity contribution in [2.45, 2.75) is 37.6 Å². The molecule has 0 atom stereocenters. The molecule has 0 aliphatic rings. The number of carbonyl (C=O) groups is 1. The number of hydrogen-bond donors (Lipinski definition) is 1. The van der Waals surface area contributed by atoms with Gasteiger partial charge in [-0.15, -0.1) is 6.58 Å². The Morgan fingerprint density at radius 2 is 1.77 bits per heavy atom. The highest BCUT2D eigenvalue weighted by molar-refractivity contribution is 7.89. The van der Waals surface area contributed by atoms with Crippen molar-refractivity contribution in [3.05, 3.63) is 72.3 Å². The molecule has 0 aromatic heterocycles. The number of methoxy groups -OCH3 is 1. The van der Waals surface area contributed by atoms with Crippen LogP contribution in [0, 0.1) is 0 Å². The van der Waals surface area contributed by atoms with Gasteiger partial charge in [-0.1, -0.05) is 38.0 Å². The summed E-state index contributed by atoms with van der Waals surface area (Å²) in [5.41, 5.74) is 1.35. The van der Waals surface area contributed by atoms with Crippen molar-refractivity contribution < 1.29 is 17.9 Å². The molecule has 0 fully saturated rings. The number of sulfonamides is 1. The summed E-state index contributed by atoms with van der Waals surface area (Å²) in [6.07, 6.45) is 4.70. The summed E-state index contributed by atoms with van der Waals surface area (Å²) in [7, 11) is -2.17. The summed E-state index contributed by atoms with van der Waals surface area (Å²) in [5, 5.41) is 2.90. The van der Waals surface area contributed by atoms with Gasteiger partial charge in [0.25, 0.3) is 5.91 Å². The van der Waals surface area contributed by atoms with E-state index in [0.717, 1.165) is 24.8 Å². The van der Waals surface area contributed by atoms with E-state index in [-0.39, 0.29) is 23.9 Å². The second kappa shape index (κ2) is 11.5. The first-order chi connectivity index (χ1) is 14.4. The molecule has 0 spiro atoms. The minimum absolute atomic E-state index is 0.119. The first-order valence-corrected chi connectivity index (χ1v) is 11.5. The number of nitrogens with one attached hydrogen (secondary N) is 1. The van der Waals surface area contributed by atoms with E-state index in [1.54, 1.807) is 42.5 Å². The Morgan fingerprint density at radius 3 is 2.33 bits per heavy atom. The van der Waals surface area contributed by atoms with E-state index in [2.05, 4.69) is 18.8 Å². The van der Waals surface area contributed by atoms with Crippen LogP contribution >= 0.6 is 0 Å². The van der Waals surface area contributed by atoms with Crippen molar-refractivity contribution in [1.82, 2.24) is 9.62 Å². The van der Waals surface area contributed by atoms with E-state index in [9.17, 15) is 13.2 Å². The first kappa shape index (κ1) is 23.6. The third-order valence-corrected chi connectivity index (χ3v) is 6.50. The van der Waals surface area contributed by atoms with Crippen molar-refractivity contribution in [2.24, 2.45) is 0 Å². The molecule has 1 amide bonds. The number of unbranched alkanes of at least 4 members (excludes halogenated alkanes) is 2. The molecule has 162 valence electrons. The first-order valence-electron chi connectivity index (χ1n) is 10.0. The van der Waals surface area contributed by atoms with Crippen LogP contribution in [-0.4, -0.2) is 38.8 Å². The van der Waals surface area contributed by atoms with Gasteiger partial charge in [0.2, 0.25) is 10.0 Å². The third kappa shape index (κ3) is 6.43. The second-order valence-electron chi connectivity index (χ2n) is 6.92. The fraction of sp³-hybridized carbons (Fsp3) is 0.348. The molecule has 0 heterocycles. The molecule has 2 aromatic carbocycles. The predicted octanol–water partition coefficient (Wildman–Crippen LogP) is 3.99. The van der Waals surface area contributed by atoms with Crippen LogP contribution in [-0.2, 0) is 16.6 Å². The minimum atomic E-state index is -3.70. The molecule has 1 N–H and O–H groups in total. The standard InChI is InChI=1S/C23H30N2O4S/c1-4-6-7-16-24-23(26)20-10-8-19(9-11-20)18-25(17-5-2)30(27,28)22-14-12-21(29-3)13-15-22/h5,8-15H,2,4,6-7,16-18H2,1,3H3,(H,24,26). The van der Waals surface area contributed by atoms with Crippen LogP contribution in [0.1, 0.15) is 42.1 Å². The Kier molecular flexibility index (Phi) is 9.08. The molecule has 2 rings (SSSR count). The van der Waals surface area contributed by atoms with Gasteiger partial charge in [-0.3, -0.25) is 4.79 Å². The lowest BCUT2D eigenvalue weighted by molar-refractivity contribution is 0.0953. The molecule has 0 saturated heterocycles. The SMILES string of the molecule is C=CCN(Cc1ccc(C(=O)NCCCCC)cc1)S(=O)(=O)c1ccc(OC)cc1. The number of amides is 1. The molecular weight excluding hydrogens is 400 g/mol. The molecule has 0 bridgehead atoms. The van der Waals surface area contributed by atoms with Gasteiger partial charge >= 0.3 is 0 Å². The fourth-order valence-corrected chi connectivity index (χ4v) is 4.33. The molecule has 6 nitrogen and oxygen atoms in total. The van der Waals surface area contributed by atoms with Crippen LogP contribution in [0.4, 0.5) is 0 Å². The van der Waals surface area contributed by atoms with Crippen molar-refractivity contribution >= 4 is 15.9 Å². The van der Waals surface area contributed by atoms with E-state index in [1.165, 1.54) is 23.5 Å². The Bertz CT molecular complexity index is 923. The molecule has 30 heavy (non-hydrogen) atoms. The van der Waals surface area contributed by atoms with Crippen LogP contribution < -0.4 is 10.1 Å². The zero-order valence-corrected chi connectivity index (χ0v) is 18.5. The highest BCUT2D eigenvalue weighted by Gasteiger charge is 2.23. The van der Waals surface area contributed by atoms with Crippen molar-refractivity contribution in [3.8, 4) is 5.75 Å². The maximum Gasteiger partial charge on any atom is 0.251 e. The monoisotopic (exact) mass is 430 g/mol. The molecule has 0 aliphatic carbocycles. The lowest BCUT2D eigenvalue weighted by Crippen LogP contribution is -2.31. The van der Waals surface area contributed by atoms with Gasteiger partial charge in [0.05, 0.1) is 12.0 Å². The van der Waals surface area contributed by atoms with Crippen molar-refractivity contribution in [3.63, 3.8) is 0 Å². The number of rotatable bonds is 12. The van der Waals surface area contributed by atoms with Crippen LogP contribution in [0.2, 0.25) is 0 Å². The zero-order valence-electron chi connectivity index (χ0n) is 17.6. The van der Waals surface area contributed by atoms with Crippen LogP contribution in [0.3, 0.4) is 0 Å². The predicted molar refractivity (Wildman–Crippen MR) is 119 cm³/mol. The van der Waals surface area contributed by atoms with Gasteiger partial charge in [0, 0.05) is 25.2 Å². The largest absolute Gasteiger partial charge is 0.497 e. The molecular formula is C23H30N2O4S. The van der Waals surface area contributed by atoms with Crippen molar-refractivity contribution in [1.29, 1.82) is 0 Å². The summed E-state index contributed by atoms with van der Waals surface area (Å²) in [4.78, 5) is 12.4. The topological polar surface area (TPSA) is 75.7 Å². The van der Waals surface area contributed by atoms with E-state index < -0.39 is 10.0 Å². The van der Waals surface area contributed by atoms with Crippen molar-refractivity contribution in [2.75, 3.05) is 20.2 Å². The molecule has 7 heteroatoms. The molecule has 0 aliphatic heterocycles. The van der Waals surface area contributed by atoms with E-state index >= 15 is 0 Å². The lowest BCUT2D eigenvalue weighted by atomic mass is 10.1. The van der Waals surface area contributed by atoms with E-state index in [4.69, 9.17) is 4.74 Å². The Morgan fingerprint density at radius 1 is 1.10 bits per heavy atom. The molecule has 0 unspecified atom stereocenters. The fourth-order valence-electron chi connectivity index (χ4n) is 2.93. The summed E-state index contributed by atoms with van der Waals surface area (Å²) in [5.74, 6) is 0.472. The summed E-state index contributed by atoms with van der Waals surface area (Å²) in [6.45, 7) is 6.80. The van der Waals surface area contributed by atoms with Crippen LogP contribution in [0.25, 0.3) is 0 Å². The summed E-state index contributed by atoms with van der Waals surface area (Å²) < 4.78 is 32.5. The Labute approximate surface area is 179 Å². The zero-order chi connectivity index (χ0) is 22.0. The molecule has 0 radical (unpaired) electrons. The maximum absolute atomic E-state index is 13.0. The summed E-state index contributed by atoms with van der Waals surface area (Å²) >= 11 is 0. The minimum Gasteiger partial charge on any atom is -0.497 e. The van der Waals surface area contributed by atoms with Gasteiger partial charge in [-0.25, -0.2) is 8.42 Å². The Hall–Kier alpha value is -2.64. The lowest BCUT2D eigenvalue weighted by Gasteiger charge is -2.21. The van der Waals surface area contributed by atoms with Gasteiger partial charge in [0.15, 0.2) is 0 Å². The van der Waals surface area contributed by atoms with Gasteiger partial charge in [-0.2, -0.15) is 4.31 Å². The van der Waals surface area contributed by atoms with Gasteiger partial charge in [0.1, 0.15) is 5.75 Å². The van der Waals surface area contributed by atoms with Crippen LogP contribution in [0.15, 0.2) is 66.1 Å². The smallest absolute Gasteiger partial charge is 0.251 e. The van der Waals surface area contributed by atoms with E-state index in [0.29, 0.717) is 17.9 Å². The highest BCUT2D eigenvalue weighted by Crippen LogP contribution is 2.21. The number of ether oxygens (including phenoxy) is 1. The average molecular weight is 431 g/mol. The number of hydrogen-bond acceptors (Lipinski definition) is 4. The van der Waals surface area contributed by atoms with E-state index in [1.807, 2.05) is 0 Å². The highest BCUT2D eigenvalue weighted by atomic mass is 32.2. The molecule has 0 saturated carbocycles.